The molecule has 0 amide bonds. The smallest absolute Gasteiger partial charge is 0.219 e. The molecule has 0 saturated carbocycles. The van der Waals surface area contributed by atoms with Gasteiger partial charge in [0.05, 0.1) is 6.67 Å². The number of ketones is 1. The minimum Gasteiger partial charge on any atom is -0.354 e. The molecule has 2 aliphatic heterocycles. The third-order valence-electron chi connectivity index (χ3n) is 2.39. The molecule has 1 N–H and O–H groups in total. The first-order valence-electron chi connectivity index (χ1n) is 4.85. The molecule has 0 aromatic heterocycles. The zero-order valence-electron chi connectivity index (χ0n) is 7.99. The first-order valence-corrected chi connectivity index (χ1v) is 4.85. The van der Waals surface area contributed by atoms with Crippen LogP contribution in [0.2, 0.25) is 0 Å². The van der Waals surface area contributed by atoms with Crippen LogP contribution < -0.4 is 5.32 Å². The van der Waals surface area contributed by atoms with Crippen molar-refractivity contribution in [3.8, 4) is 0 Å². The maximum Gasteiger partial charge on any atom is 0.219 e. The second-order valence-electron chi connectivity index (χ2n) is 3.46. The van der Waals surface area contributed by atoms with Crippen LogP contribution in [0.1, 0.15) is 12.8 Å². The Labute approximate surface area is 82.9 Å². The average molecular weight is 193 g/mol. The molecule has 75 valence electrons. The number of carbonyl (C=O) groups is 1. The van der Waals surface area contributed by atoms with Gasteiger partial charge in [-0.2, -0.15) is 0 Å². The molecular weight excluding hydrogens is 180 g/mol. The van der Waals surface area contributed by atoms with Crippen LogP contribution in [0, 0.1) is 0 Å². The van der Waals surface area contributed by atoms with E-state index in [2.05, 4.69) is 26.5 Å². The van der Waals surface area contributed by atoms with Gasteiger partial charge in [-0.05, 0) is 25.9 Å². The Hall–Kier alpha value is -1.23. The standard InChI is InChI=1S/C9H13N4O/c14-8-5-10-6-11-9(8)12-7-13-3-1-2-4-13/h1-5,7H2,(H,10,11,12). The Morgan fingerprint density at radius 3 is 2.93 bits per heavy atom. The monoisotopic (exact) mass is 193 g/mol. The Kier molecular flexibility index (Phi) is 2.88. The van der Waals surface area contributed by atoms with Gasteiger partial charge >= 0.3 is 0 Å². The second-order valence-corrected chi connectivity index (χ2v) is 3.46. The summed E-state index contributed by atoms with van der Waals surface area (Å²) < 4.78 is 0. The van der Waals surface area contributed by atoms with Crippen molar-refractivity contribution in [1.82, 2.24) is 10.2 Å². The Balaban J connectivity index is 1.81. The second kappa shape index (κ2) is 4.32. The predicted molar refractivity (Wildman–Crippen MR) is 53.6 cm³/mol. The van der Waals surface area contributed by atoms with Crippen molar-refractivity contribution in [1.29, 1.82) is 0 Å². The molecule has 0 aliphatic carbocycles. The minimum atomic E-state index is -0.0528. The summed E-state index contributed by atoms with van der Waals surface area (Å²) in [5, 5.41) is 3.02. The largest absolute Gasteiger partial charge is 0.354 e. The van der Waals surface area contributed by atoms with Gasteiger partial charge in [0.1, 0.15) is 6.54 Å². The van der Waals surface area contributed by atoms with Gasteiger partial charge in [-0.1, -0.05) is 0 Å². The number of Topliss-reactive ketones (excluding diaryl/α,β-unsaturated/α-hetero) is 1. The quantitative estimate of drug-likeness (QED) is 0.644. The number of hydrogen-bond acceptors (Lipinski definition) is 5. The van der Waals surface area contributed by atoms with Gasteiger partial charge in [0.2, 0.25) is 5.78 Å². The third-order valence-corrected chi connectivity index (χ3v) is 2.39. The van der Waals surface area contributed by atoms with E-state index in [4.69, 9.17) is 0 Å². The van der Waals surface area contributed by atoms with Gasteiger partial charge in [-0.15, -0.1) is 0 Å². The maximum atomic E-state index is 11.3. The van der Waals surface area contributed by atoms with Gasteiger partial charge in [-0.25, -0.2) is 4.99 Å². The van der Waals surface area contributed by atoms with Crippen LogP contribution >= 0.6 is 0 Å². The molecule has 5 nitrogen and oxygen atoms in total. The fraction of sp³-hybridized carbons (Fsp3) is 0.667. The molecule has 5 heteroatoms. The molecule has 1 radical (unpaired) electrons. The number of rotatable bonds is 2. The van der Waals surface area contributed by atoms with Crippen molar-refractivity contribution in [2.45, 2.75) is 12.8 Å². The summed E-state index contributed by atoms with van der Waals surface area (Å²) in [4.78, 5) is 21.0. The normalized spacial score (nSPS) is 22.6. The molecule has 0 spiro atoms. The Morgan fingerprint density at radius 1 is 1.43 bits per heavy atom. The number of aliphatic imine (C=N–C) groups is 2. The highest BCUT2D eigenvalue weighted by molar-refractivity contribution is 6.41. The van der Waals surface area contributed by atoms with Crippen LogP contribution in [-0.2, 0) is 4.79 Å². The fourth-order valence-electron chi connectivity index (χ4n) is 1.60. The van der Waals surface area contributed by atoms with Crippen molar-refractivity contribution >= 4 is 18.0 Å². The molecule has 2 aliphatic rings. The van der Waals surface area contributed by atoms with Gasteiger partial charge in [0, 0.05) is 0 Å². The maximum absolute atomic E-state index is 11.3. The molecule has 0 aromatic rings. The van der Waals surface area contributed by atoms with Crippen LogP contribution in [0.5, 0.6) is 0 Å². The van der Waals surface area contributed by atoms with Crippen LogP contribution in [-0.4, -0.2) is 49.2 Å². The van der Waals surface area contributed by atoms with Crippen LogP contribution in [0.3, 0.4) is 0 Å². The molecule has 2 rings (SSSR count). The van der Waals surface area contributed by atoms with E-state index < -0.39 is 0 Å². The highest BCUT2D eigenvalue weighted by Gasteiger charge is 2.16. The number of amidine groups is 1. The van der Waals surface area contributed by atoms with Crippen molar-refractivity contribution in [2.24, 2.45) is 9.98 Å². The van der Waals surface area contributed by atoms with Gasteiger partial charge in [-0.3, -0.25) is 14.7 Å². The number of nitrogens with zero attached hydrogens (tertiary/aromatic N) is 3. The zero-order chi connectivity index (χ0) is 9.80. The molecule has 1 fully saturated rings. The molecule has 0 atom stereocenters. The molecule has 14 heavy (non-hydrogen) atoms. The van der Waals surface area contributed by atoms with Gasteiger partial charge in [0.25, 0.3) is 0 Å². The summed E-state index contributed by atoms with van der Waals surface area (Å²) in [5.41, 5.74) is 0. The highest BCUT2D eigenvalue weighted by atomic mass is 16.1. The molecule has 0 unspecified atom stereocenters. The van der Waals surface area contributed by atoms with E-state index in [9.17, 15) is 4.79 Å². The van der Waals surface area contributed by atoms with Crippen molar-refractivity contribution < 1.29 is 4.79 Å². The van der Waals surface area contributed by atoms with E-state index >= 15 is 0 Å². The molecule has 0 bridgehead atoms. The SMILES string of the molecule is O=C1CN=[C]N=C1NCN1CCCC1. The lowest BCUT2D eigenvalue weighted by Gasteiger charge is -2.16. The molecular formula is C9H13N4O. The van der Waals surface area contributed by atoms with Gasteiger partial charge < -0.3 is 5.32 Å². The molecule has 0 aromatic carbocycles. The highest BCUT2D eigenvalue weighted by Crippen LogP contribution is 2.05. The lowest BCUT2D eigenvalue weighted by Crippen LogP contribution is -2.41. The minimum absolute atomic E-state index is 0.0528. The Morgan fingerprint density at radius 2 is 2.21 bits per heavy atom. The lowest BCUT2D eigenvalue weighted by molar-refractivity contribution is -0.112. The van der Waals surface area contributed by atoms with Crippen LogP contribution in [0.4, 0.5) is 0 Å². The fourth-order valence-corrected chi connectivity index (χ4v) is 1.60. The molecule has 1 saturated heterocycles. The first kappa shape index (κ1) is 9.33. The summed E-state index contributed by atoms with van der Waals surface area (Å²) in [7, 11) is 0. The van der Waals surface area contributed by atoms with E-state index in [-0.39, 0.29) is 12.3 Å². The Bertz CT molecular complexity index is 279. The number of hydrogen-bond donors (Lipinski definition) is 1. The van der Waals surface area contributed by atoms with E-state index in [0.717, 1.165) is 13.1 Å². The zero-order valence-corrected chi connectivity index (χ0v) is 7.99. The van der Waals surface area contributed by atoms with Crippen molar-refractivity contribution in [2.75, 3.05) is 26.3 Å². The summed E-state index contributed by atoms with van der Waals surface area (Å²) in [6, 6.07) is 0. The summed E-state index contributed by atoms with van der Waals surface area (Å²) in [6.45, 7) is 3.08. The van der Waals surface area contributed by atoms with Crippen LogP contribution in [0.15, 0.2) is 9.98 Å². The summed E-state index contributed by atoms with van der Waals surface area (Å²) in [5.74, 6) is 0.342. The number of carbonyl (C=O) groups excluding carboxylic acids is 1. The third kappa shape index (κ3) is 2.17. The van der Waals surface area contributed by atoms with E-state index in [1.165, 1.54) is 12.8 Å². The first-order chi connectivity index (χ1) is 6.86. The van der Waals surface area contributed by atoms with E-state index in [1.807, 2.05) is 0 Å². The summed E-state index contributed by atoms with van der Waals surface area (Å²) in [6.07, 6.45) is 4.94. The number of nitrogens with one attached hydrogen (secondary N) is 1. The van der Waals surface area contributed by atoms with Crippen molar-refractivity contribution in [3.05, 3.63) is 0 Å². The molecule has 2 heterocycles. The topological polar surface area (TPSA) is 57.1 Å². The lowest BCUT2D eigenvalue weighted by atomic mass is 10.3. The van der Waals surface area contributed by atoms with E-state index in [1.54, 1.807) is 0 Å². The van der Waals surface area contributed by atoms with Crippen LogP contribution in [0.25, 0.3) is 0 Å². The summed E-state index contributed by atoms with van der Waals surface area (Å²) >= 11 is 0. The average Bonchev–Trinajstić information content (AvgIpc) is 2.69. The van der Waals surface area contributed by atoms with Crippen molar-refractivity contribution in [3.63, 3.8) is 0 Å². The predicted octanol–water partition coefficient (Wildman–Crippen LogP) is -0.484. The van der Waals surface area contributed by atoms with E-state index in [0.29, 0.717) is 12.5 Å². The van der Waals surface area contributed by atoms with Gasteiger partial charge in [0.15, 0.2) is 12.2 Å². The number of likely N-dealkylation sites (tertiary alicyclic amines) is 1.